The zero-order valence-electron chi connectivity index (χ0n) is 15.5. The van der Waals surface area contributed by atoms with E-state index >= 15 is 0 Å². The number of hydrogen-bond acceptors (Lipinski definition) is 5. The highest BCUT2D eigenvalue weighted by Gasteiger charge is 2.26. The summed E-state index contributed by atoms with van der Waals surface area (Å²) in [4.78, 5) is 13.4. The van der Waals surface area contributed by atoms with Gasteiger partial charge in [0.25, 0.3) is 10.0 Å². The number of anilines is 2. The van der Waals surface area contributed by atoms with Gasteiger partial charge in [-0.1, -0.05) is 0 Å². The van der Waals surface area contributed by atoms with Crippen LogP contribution in [-0.4, -0.2) is 34.6 Å². The number of rotatable bonds is 7. The molecule has 0 aromatic heterocycles. The molecule has 144 valence electrons. The zero-order chi connectivity index (χ0) is 19.6. The van der Waals surface area contributed by atoms with Crippen molar-refractivity contribution in [2.24, 2.45) is 0 Å². The minimum absolute atomic E-state index is 0.0597. The van der Waals surface area contributed by atoms with Gasteiger partial charge in [0.05, 0.1) is 30.2 Å². The summed E-state index contributed by atoms with van der Waals surface area (Å²) in [6.07, 6.45) is 0.194. The molecule has 7 nitrogen and oxygen atoms in total. The second-order valence-corrected chi connectivity index (χ2v) is 7.73. The maximum Gasteiger partial charge on any atom is 0.262 e. The molecule has 8 heteroatoms. The summed E-state index contributed by atoms with van der Waals surface area (Å²) in [6, 6.07) is 9.66. The van der Waals surface area contributed by atoms with Gasteiger partial charge in [-0.15, -0.1) is 0 Å². The Labute approximate surface area is 158 Å². The molecule has 1 amide bonds. The summed E-state index contributed by atoms with van der Waals surface area (Å²) < 4.78 is 39.3. The van der Waals surface area contributed by atoms with Crippen LogP contribution in [0.25, 0.3) is 0 Å². The Morgan fingerprint density at radius 3 is 2.52 bits per heavy atom. The zero-order valence-corrected chi connectivity index (χ0v) is 16.3. The largest absolute Gasteiger partial charge is 0.494 e. The van der Waals surface area contributed by atoms with Crippen LogP contribution in [-0.2, 0) is 21.2 Å². The summed E-state index contributed by atoms with van der Waals surface area (Å²) in [6.45, 7) is 4.54. The predicted molar refractivity (Wildman–Crippen MR) is 103 cm³/mol. The maximum atomic E-state index is 12.9. The minimum Gasteiger partial charge on any atom is -0.494 e. The van der Waals surface area contributed by atoms with Gasteiger partial charge in [0.15, 0.2) is 0 Å². The van der Waals surface area contributed by atoms with E-state index in [9.17, 15) is 13.2 Å². The van der Waals surface area contributed by atoms with E-state index in [1.165, 1.54) is 17.0 Å². The van der Waals surface area contributed by atoms with Crippen molar-refractivity contribution in [2.75, 3.05) is 29.9 Å². The monoisotopic (exact) mass is 390 g/mol. The number of amides is 1. The molecular formula is C19H22N2O5S. The number of hydrogen-bond donors (Lipinski definition) is 1. The van der Waals surface area contributed by atoms with Crippen LogP contribution in [0.2, 0.25) is 0 Å². The predicted octanol–water partition coefficient (Wildman–Crippen LogP) is 2.80. The van der Waals surface area contributed by atoms with E-state index < -0.39 is 10.0 Å². The first-order chi connectivity index (χ1) is 12.9. The Morgan fingerprint density at radius 2 is 1.81 bits per heavy atom. The first kappa shape index (κ1) is 19.0. The molecule has 2 aromatic carbocycles. The molecule has 0 saturated carbocycles. The lowest BCUT2D eigenvalue weighted by Gasteiger charge is -2.15. The van der Waals surface area contributed by atoms with Crippen LogP contribution < -0.4 is 19.1 Å². The lowest BCUT2D eigenvalue weighted by molar-refractivity contribution is -0.117. The minimum atomic E-state index is -3.86. The molecule has 1 aliphatic heterocycles. The molecule has 0 spiro atoms. The normalized spacial score (nSPS) is 13.4. The van der Waals surface area contributed by atoms with Crippen molar-refractivity contribution in [2.45, 2.75) is 25.2 Å². The number of carbonyl (C=O) groups is 1. The van der Waals surface area contributed by atoms with E-state index in [2.05, 4.69) is 4.72 Å². The molecule has 1 heterocycles. The number of likely N-dealkylation sites (N-methyl/N-ethyl adjacent to an activating group) is 1. The molecule has 0 atom stereocenters. The van der Waals surface area contributed by atoms with Gasteiger partial charge in [-0.05, 0) is 49.7 Å². The molecule has 0 aliphatic carbocycles. The van der Waals surface area contributed by atoms with Crippen molar-refractivity contribution in [3.8, 4) is 11.5 Å². The Kier molecular flexibility index (Phi) is 5.27. The molecular weight excluding hydrogens is 368 g/mol. The van der Waals surface area contributed by atoms with Crippen LogP contribution in [0.5, 0.6) is 11.5 Å². The number of carbonyl (C=O) groups excluding carboxylic acids is 1. The van der Waals surface area contributed by atoms with Gasteiger partial charge in [-0.25, -0.2) is 8.42 Å². The number of fused-ring (bicyclic) bond motifs is 1. The van der Waals surface area contributed by atoms with Gasteiger partial charge >= 0.3 is 0 Å². The highest BCUT2D eigenvalue weighted by atomic mass is 32.2. The summed E-state index contributed by atoms with van der Waals surface area (Å²) in [5.41, 5.74) is 1.72. The summed E-state index contributed by atoms with van der Waals surface area (Å²) in [5, 5.41) is 0. The highest BCUT2D eigenvalue weighted by Crippen LogP contribution is 2.33. The Morgan fingerprint density at radius 1 is 1.07 bits per heavy atom. The molecule has 1 aliphatic rings. The fourth-order valence-electron chi connectivity index (χ4n) is 2.94. The first-order valence-corrected chi connectivity index (χ1v) is 10.2. The second-order valence-electron chi connectivity index (χ2n) is 6.05. The van der Waals surface area contributed by atoms with Gasteiger partial charge in [0.2, 0.25) is 5.91 Å². The number of nitrogens with one attached hydrogen (secondary N) is 1. The third-order valence-corrected chi connectivity index (χ3v) is 5.61. The Balaban J connectivity index is 1.94. The van der Waals surface area contributed by atoms with Crippen LogP contribution in [0, 0.1) is 0 Å². The molecule has 0 unspecified atom stereocenters. The molecule has 0 bridgehead atoms. The van der Waals surface area contributed by atoms with Crippen LogP contribution in [0.1, 0.15) is 19.4 Å². The Hall–Kier alpha value is -2.74. The third-order valence-electron chi connectivity index (χ3n) is 4.24. The van der Waals surface area contributed by atoms with Crippen LogP contribution >= 0.6 is 0 Å². The topological polar surface area (TPSA) is 84.9 Å². The number of sulfonamides is 1. The number of ether oxygens (including phenoxy) is 2. The number of benzene rings is 2. The molecule has 0 saturated heterocycles. The molecule has 2 aromatic rings. The standard InChI is InChI=1S/C19H22N2O5S/c1-4-25-14-6-9-18(26-5-2)16(12-14)20-27(23,24)15-7-8-17-13(10-15)11-19(22)21(17)3/h6-10,12,20H,4-5,11H2,1-3H3. The van der Waals surface area contributed by atoms with E-state index in [0.29, 0.717) is 36.0 Å². The summed E-state index contributed by atoms with van der Waals surface area (Å²) >= 11 is 0. The van der Waals surface area contributed by atoms with Crippen LogP contribution in [0.15, 0.2) is 41.3 Å². The van der Waals surface area contributed by atoms with Crippen LogP contribution in [0.3, 0.4) is 0 Å². The SMILES string of the molecule is CCOc1ccc(OCC)c(NS(=O)(=O)c2ccc3c(c2)CC(=O)N3C)c1. The highest BCUT2D eigenvalue weighted by molar-refractivity contribution is 7.92. The van der Waals surface area contributed by atoms with Gasteiger partial charge in [0.1, 0.15) is 11.5 Å². The smallest absolute Gasteiger partial charge is 0.262 e. The molecule has 3 rings (SSSR count). The van der Waals surface area contributed by atoms with E-state index in [0.717, 1.165) is 5.69 Å². The fraction of sp³-hybridized carbons (Fsp3) is 0.316. The number of nitrogens with zero attached hydrogens (tertiary/aromatic N) is 1. The van der Waals surface area contributed by atoms with E-state index in [4.69, 9.17) is 9.47 Å². The lowest BCUT2D eigenvalue weighted by atomic mass is 10.2. The van der Waals surface area contributed by atoms with Crippen molar-refractivity contribution in [1.82, 2.24) is 0 Å². The Bertz CT molecular complexity index is 972. The molecule has 0 radical (unpaired) electrons. The van der Waals surface area contributed by atoms with E-state index in [1.807, 2.05) is 13.8 Å². The quantitative estimate of drug-likeness (QED) is 0.786. The van der Waals surface area contributed by atoms with E-state index in [-0.39, 0.29) is 17.2 Å². The first-order valence-electron chi connectivity index (χ1n) is 8.67. The summed E-state index contributed by atoms with van der Waals surface area (Å²) in [7, 11) is -2.18. The fourth-order valence-corrected chi connectivity index (χ4v) is 4.06. The molecule has 27 heavy (non-hydrogen) atoms. The van der Waals surface area contributed by atoms with Crippen molar-refractivity contribution in [1.29, 1.82) is 0 Å². The third kappa shape index (κ3) is 3.85. The van der Waals surface area contributed by atoms with Gasteiger partial charge in [0, 0.05) is 18.8 Å². The van der Waals surface area contributed by atoms with Gasteiger partial charge in [-0.2, -0.15) is 0 Å². The molecule has 0 fully saturated rings. The van der Waals surface area contributed by atoms with Gasteiger partial charge < -0.3 is 14.4 Å². The summed E-state index contributed by atoms with van der Waals surface area (Å²) in [5.74, 6) is 0.899. The second kappa shape index (κ2) is 7.48. The molecule has 1 N–H and O–H groups in total. The van der Waals surface area contributed by atoms with Crippen molar-refractivity contribution in [3.05, 3.63) is 42.0 Å². The van der Waals surface area contributed by atoms with Crippen molar-refractivity contribution >= 4 is 27.3 Å². The average Bonchev–Trinajstić information content (AvgIpc) is 2.91. The van der Waals surface area contributed by atoms with E-state index in [1.54, 1.807) is 31.3 Å². The average molecular weight is 390 g/mol. The van der Waals surface area contributed by atoms with Crippen molar-refractivity contribution < 1.29 is 22.7 Å². The maximum absolute atomic E-state index is 12.9. The van der Waals surface area contributed by atoms with Gasteiger partial charge in [-0.3, -0.25) is 9.52 Å². The van der Waals surface area contributed by atoms with Crippen LogP contribution in [0.4, 0.5) is 11.4 Å². The van der Waals surface area contributed by atoms with Crippen molar-refractivity contribution in [3.63, 3.8) is 0 Å². The lowest BCUT2D eigenvalue weighted by Crippen LogP contribution is -2.20.